The van der Waals surface area contributed by atoms with E-state index >= 15 is 0 Å². The molecule has 0 aliphatic heterocycles. The zero-order valence-electron chi connectivity index (χ0n) is 12.5. The van der Waals surface area contributed by atoms with Crippen LogP contribution in [0.3, 0.4) is 0 Å². The summed E-state index contributed by atoms with van der Waals surface area (Å²) in [7, 11) is 0. The fourth-order valence-electron chi connectivity index (χ4n) is 1.87. The molecule has 0 radical (unpaired) electrons. The summed E-state index contributed by atoms with van der Waals surface area (Å²) in [5.74, 6) is -0.365. The maximum atomic E-state index is 11.8. The Bertz CT molecular complexity index is 450. The van der Waals surface area contributed by atoms with Crippen molar-refractivity contribution in [3.63, 3.8) is 0 Å². The average molecular weight is 309 g/mol. The maximum absolute atomic E-state index is 11.8. The number of aliphatic carboxylic acids is 1. The molecule has 1 aromatic rings. The van der Waals surface area contributed by atoms with Gasteiger partial charge >= 0.3 is 5.97 Å². The number of thioether (sulfide) groups is 1. The Labute approximate surface area is 130 Å². The lowest BCUT2D eigenvalue weighted by Crippen LogP contribution is -2.44. The van der Waals surface area contributed by atoms with Crippen LogP contribution in [0.1, 0.15) is 33.1 Å². The lowest BCUT2D eigenvalue weighted by molar-refractivity contribution is -0.143. The van der Waals surface area contributed by atoms with Crippen LogP contribution in [-0.4, -0.2) is 28.8 Å². The molecule has 0 heterocycles. The van der Waals surface area contributed by atoms with Crippen molar-refractivity contribution in [1.82, 2.24) is 5.32 Å². The number of hydrogen-bond donors (Lipinski definition) is 2. The molecule has 116 valence electrons. The first-order valence-corrected chi connectivity index (χ1v) is 8.23. The average Bonchev–Trinajstić information content (AvgIpc) is 2.49. The summed E-state index contributed by atoms with van der Waals surface area (Å²) in [6.07, 6.45) is 1.82. The SMILES string of the molecule is CCC(C)[C@H](NC(=O)CCCSc1ccccc1)C(=O)O. The van der Waals surface area contributed by atoms with Crippen LogP contribution in [0.15, 0.2) is 35.2 Å². The lowest BCUT2D eigenvalue weighted by atomic mass is 9.99. The van der Waals surface area contributed by atoms with Gasteiger partial charge in [-0.15, -0.1) is 11.8 Å². The fourth-order valence-corrected chi connectivity index (χ4v) is 2.74. The summed E-state index contributed by atoms with van der Waals surface area (Å²) in [4.78, 5) is 24.1. The molecule has 0 aromatic heterocycles. The second-order valence-electron chi connectivity index (χ2n) is 5.03. The van der Waals surface area contributed by atoms with Crippen molar-refractivity contribution in [3.05, 3.63) is 30.3 Å². The third kappa shape index (κ3) is 6.67. The fraction of sp³-hybridized carbons (Fsp3) is 0.500. The molecule has 2 atom stereocenters. The predicted octanol–water partition coefficient (Wildman–Crippen LogP) is 3.17. The highest BCUT2D eigenvalue weighted by Crippen LogP contribution is 2.18. The molecule has 1 unspecified atom stereocenters. The predicted molar refractivity (Wildman–Crippen MR) is 85.4 cm³/mol. The number of amides is 1. The van der Waals surface area contributed by atoms with E-state index in [1.807, 2.05) is 44.2 Å². The Morgan fingerprint density at radius 1 is 1.29 bits per heavy atom. The Hall–Kier alpha value is -1.49. The normalized spacial score (nSPS) is 13.4. The lowest BCUT2D eigenvalue weighted by Gasteiger charge is -2.20. The van der Waals surface area contributed by atoms with Gasteiger partial charge in [-0.05, 0) is 30.2 Å². The third-order valence-corrected chi connectivity index (χ3v) is 4.45. The molecule has 0 spiro atoms. The Morgan fingerprint density at radius 2 is 1.95 bits per heavy atom. The van der Waals surface area contributed by atoms with E-state index in [-0.39, 0.29) is 11.8 Å². The summed E-state index contributed by atoms with van der Waals surface area (Å²) >= 11 is 1.70. The zero-order chi connectivity index (χ0) is 15.7. The molecule has 0 saturated carbocycles. The highest BCUT2D eigenvalue weighted by Gasteiger charge is 2.24. The van der Waals surface area contributed by atoms with E-state index < -0.39 is 12.0 Å². The zero-order valence-corrected chi connectivity index (χ0v) is 13.4. The van der Waals surface area contributed by atoms with Crippen LogP contribution >= 0.6 is 11.8 Å². The molecular weight excluding hydrogens is 286 g/mol. The van der Waals surface area contributed by atoms with Crippen molar-refractivity contribution in [2.45, 2.75) is 44.0 Å². The van der Waals surface area contributed by atoms with Crippen LogP contribution in [0.4, 0.5) is 0 Å². The monoisotopic (exact) mass is 309 g/mol. The molecule has 0 aliphatic carbocycles. The van der Waals surface area contributed by atoms with E-state index in [2.05, 4.69) is 5.32 Å². The van der Waals surface area contributed by atoms with Gasteiger partial charge in [0.25, 0.3) is 0 Å². The molecule has 1 amide bonds. The number of carbonyl (C=O) groups excluding carboxylic acids is 1. The van der Waals surface area contributed by atoms with Gasteiger partial charge in [0.15, 0.2) is 0 Å². The van der Waals surface area contributed by atoms with Crippen LogP contribution in [0.5, 0.6) is 0 Å². The van der Waals surface area contributed by atoms with Crippen molar-refractivity contribution in [2.75, 3.05) is 5.75 Å². The molecule has 21 heavy (non-hydrogen) atoms. The molecule has 0 fully saturated rings. The number of rotatable bonds is 9. The van der Waals surface area contributed by atoms with Gasteiger partial charge in [-0.25, -0.2) is 4.79 Å². The van der Waals surface area contributed by atoms with Crippen LogP contribution in [-0.2, 0) is 9.59 Å². The Morgan fingerprint density at radius 3 is 2.52 bits per heavy atom. The minimum Gasteiger partial charge on any atom is -0.480 e. The van der Waals surface area contributed by atoms with Gasteiger partial charge in [0.05, 0.1) is 0 Å². The Kier molecular flexibility index (Phi) is 7.90. The van der Waals surface area contributed by atoms with Gasteiger partial charge in [0.2, 0.25) is 5.91 Å². The standard InChI is InChI=1S/C16H23NO3S/c1-3-12(2)15(16(19)20)17-14(18)10-7-11-21-13-8-5-4-6-9-13/h4-6,8-9,12,15H,3,7,10-11H2,1-2H3,(H,17,18)(H,19,20)/t12?,15-/m0/s1. The van der Waals surface area contributed by atoms with Gasteiger partial charge in [-0.1, -0.05) is 38.5 Å². The van der Waals surface area contributed by atoms with Gasteiger partial charge in [-0.3, -0.25) is 4.79 Å². The maximum Gasteiger partial charge on any atom is 0.326 e. The molecule has 0 bridgehead atoms. The third-order valence-electron chi connectivity index (χ3n) is 3.36. The number of carboxylic acid groups (broad SMARTS) is 1. The van der Waals surface area contributed by atoms with Crippen molar-refractivity contribution in [3.8, 4) is 0 Å². The van der Waals surface area contributed by atoms with E-state index in [4.69, 9.17) is 5.11 Å². The van der Waals surface area contributed by atoms with Gasteiger partial charge in [-0.2, -0.15) is 0 Å². The number of carbonyl (C=O) groups is 2. The summed E-state index contributed by atoms with van der Waals surface area (Å²) in [6.45, 7) is 3.76. The summed E-state index contributed by atoms with van der Waals surface area (Å²) in [6, 6.07) is 9.22. The number of benzene rings is 1. The second kappa shape index (κ2) is 9.45. The Balaban J connectivity index is 2.28. The van der Waals surface area contributed by atoms with Gasteiger partial charge in [0, 0.05) is 11.3 Å². The van der Waals surface area contributed by atoms with E-state index in [1.165, 1.54) is 4.90 Å². The summed E-state index contributed by atoms with van der Waals surface area (Å²) in [5.41, 5.74) is 0. The minimum absolute atomic E-state index is 0.0647. The van der Waals surface area contributed by atoms with E-state index in [0.717, 1.165) is 18.6 Å². The second-order valence-corrected chi connectivity index (χ2v) is 6.20. The van der Waals surface area contributed by atoms with Gasteiger partial charge < -0.3 is 10.4 Å². The van der Waals surface area contributed by atoms with E-state index in [9.17, 15) is 9.59 Å². The molecule has 1 aromatic carbocycles. The topological polar surface area (TPSA) is 66.4 Å². The van der Waals surface area contributed by atoms with Crippen molar-refractivity contribution < 1.29 is 14.7 Å². The first kappa shape index (κ1) is 17.6. The smallest absolute Gasteiger partial charge is 0.326 e. The van der Waals surface area contributed by atoms with Crippen LogP contribution < -0.4 is 5.32 Å². The molecule has 5 heteroatoms. The van der Waals surface area contributed by atoms with Crippen LogP contribution in [0, 0.1) is 5.92 Å². The molecule has 0 aliphatic rings. The number of carboxylic acids is 1. The van der Waals surface area contributed by atoms with Crippen LogP contribution in [0.25, 0.3) is 0 Å². The molecular formula is C16H23NO3S. The summed E-state index contributed by atoms with van der Waals surface area (Å²) in [5, 5.41) is 11.7. The first-order chi connectivity index (χ1) is 10.0. The number of hydrogen-bond acceptors (Lipinski definition) is 3. The number of nitrogens with one attached hydrogen (secondary N) is 1. The largest absolute Gasteiger partial charge is 0.480 e. The van der Waals surface area contributed by atoms with Crippen molar-refractivity contribution in [1.29, 1.82) is 0 Å². The molecule has 1 rings (SSSR count). The first-order valence-electron chi connectivity index (χ1n) is 7.24. The summed E-state index contributed by atoms with van der Waals surface area (Å²) < 4.78 is 0. The highest BCUT2D eigenvalue weighted by atomic mass is 32.2. The van der Waals surface area contributed by atoms with Crippen molar-refractivity contribution in [2.24, 2.45) is 5.92 Å². The molecule has 0 saturated heterocycles. The van der Waals surface area contributed by atoms with Crippen molar-refractivity contribution >= 4 is 23.6 Å². The van der Waals surface area contributed by atoms with Gasteiger partial charge in [0.1, 0.15) is 6.04 Å². The van der Waals surface area contributed by atoms with E-state index in [1.54, 1.807) is 11.8 Å². The molecule has 4 nitrogen and oxygen atoms in total. The van der Waals surface area contributed by atoms with Crippen LogP contribution in [0.2, 0.25) is 0 Å². The highest BCUT2D eigenvalue weighted by molar-refractivity contribution is 7.99. The molecule has 2 N–H and O–H groups in total. The van der Waals surface area contributed by atoms with E-state index in [0.29, 0.717) is 6.42 Å². The minimum atomic E-state index is -0.962. The quantitative estimate of drug-likeness (QED) is 0.543.